The van der Waals surface area contributed by atoms with Crippen LogP contribution in [0.5, 0.6) is 0 Å². The third kappa shape index (κ3) is 5.99. The highest BCUT2D eigenvalue weighted by Gasteiger charge is 2.07. The lowest BCUT2D eigenvalue weighted by Gasteiger charge is -2.16. The van der Waals surface area contributed by atoms with E-state index >= 15 is 0 Å². The number of carbonyl (C=O) groups excluding carboxylic acids is 1. The van der Waals surface area contributed by atoms with Gasteiger partial charge in [-0.2, -0.15) is 0 Å². The molecule has 1 amide bonds. The van der Waals surface area contributed by atoms with Crippen LogP contribution < -0.4 is 10.6 Å². The van der Waals surface area contributed by atoms with Gasteiger partial charge >= 0.3 is 0 Å². The summed E-state index contributed by atoms with van der Waals surface area (Å²) in [6.45, 7) is 5.73. The minimum atomic E-state index is -0.148. The van der Waals surface area contributed by atoms with Crippen LogP contribution in [0.15, 0.2) is 18.3 Å². The number of amides is 1. The zero-order valence-electron chi connectivity index (χ0n) is 12.5. The monoisotopic (exact) mass is 280 g/mol. The third-order valence-corrected chi connectivity index (χ3v) is 2.83. The van der Waals surface area contributed by atoms with Crippen LogP contribution >= 0.6 is 0 Å². The van der Waals surface area contributed by atoms with E-state index in [1.54, 1.807) is 19.4 Å². The maximum Gasteiger partial charge on any atom is 0.269 e. The number of hydrogen-bond donors (Lipinski definition) is 2. The average molecular weight is 280 g/mol. The van der Waals surface area contributed by atoms with Gasteiger partial charge in [0, 0.05) is 45.2 Å². The molecule has 0 unspecified atom stereocenters. The number of likely N-dealkylation sites (N-methyl/N-ethyl adjacent to an activating group) is 1. The lowest BCUT2D eigenvalue weighted by atomic mass is 10.3. The van der Waals surface area contributed by atoms with Crippen LogP contribution in [0.2, 0.25) is 0 Å². The van der Waals surface area contributed by atoms with Gasteiger partial charge in [0.1, 0.15) is 5.69 Å². The maximum absolute atomic E-state index is 12.0. The summed E-state index contributed by atoms with van der Waals surface area (Å²) < 4.78 is 5.00. The van der Waals surface area contributed by atoms with E-state index in [0.717, 1.165) is 25.3 Å². The van der Waals surface area contributed by atoms with E-state index in [2.05, 4.69) is 20.5 Å². The number of aromatic nitrogens is 1. The zero-order valence-corrected chi connectivity index (χ0v) is 12.5. The molecule has 0 aliphatic carbocycles. The standard InChI is InChI=1S/C14H24N4O2/c1-4-15-12-5-6-16-13(11-12)14(19)17-7-8-18(2)9-10-20-3/h5-6,11H,4,7-10H2,1-3H3,(H,15,16)(H,17,19). The number of hydrogen-bond acceptors (Lipinski definition) is 5. The largest absolute Gasteiger partial charge is 0.385 e. The average Bonchev–Trinajstić information content (AvgIpc) is 2.45. The minimum absolute atomic E-state index is 0.148. The molecular formula is C14H24N4O2. The second-order valence-electron chi connectivity index (χ2n) is 4.51. The van der Waals surface area contributed by atoms with E-state index < -0.39 is 0 Å². The first-order chi connectivity index (χ1) is 9.67. The number of methoxy groups -OCH3 is 1. The van der Waals surface area contributed by atoms with Crippen LogP contribution in [0, 0.1) is 0 Å². The Labute approximate surface area is 120 Å². The SMILES string of the molecule is CCNc1ccnc(C(=O)NCCN(C)CCOC)c1. The molecule has 6 nitrogen and oxygen atoms in total. The lowest BCUT2D eigenvalue weighted by molar-refractivity contribution is 0.0942. The molecule has 2 N–H and O–H groups in total. The number of nitrogens with one attached hydrogen (secondary N) is 2. The van der Waals surface area contributed by atoms with Gasteiger partial charge in [-0.05, 0) is 26.1 Å². The summed E-state index contributed by atoms with van der Waals surface area (Å²) in [5.74, 6) is -0.148. The number of carbonyl (C=O) groups is 1. The van der Waals surface area contributed by atoms with E-state index in [1.807, 2.05) is 20.0 Å². The van der Waals surface area contributed by atoms with Crippen LogP contribution in [0.4, 0.5) is 5.69 Å². The van der Waals surface area contributed by atoms with Crippen molar-refractivity contribution < 1.29 is 9.53 Å². The summed E-state index contributed by atoms with van der Waals surface area (Å²) in [5.41, 5.74) is 1.34. The zero-order chi connectivity index (χ0) is 14.8. The second kappa shape index (κ2) is 9.28. The summed E-state index contributed by atoms with van der Waals surface area (Å²) in [5, 5.41) is 6.02. The van der Waals surface area contributed by atoms with Gasteiger partial charge in [-0.3, -0.25) is 9.78 Å². The molecule has 0 saturated heterocycles. The first-order valence-electron chi connectivity index (χ1n) is 6.83. The summed E-state index contributed by atoms with van der Waals surface area (Å²) in [4.78, 5) is 18.1. The Hall–Kier alpha value is -1.66. The van der Waals surface area contributed by atoms with Gasteiger partial charge in [-0.1, -0.05) is 0 Å². The Balaban J connectivity index is 2.37. The molecule has 1 heterocycles. The van der Waals surface area contributed by atoms with Gasteiger partial charge in [-0.15, -0.1) is 0 Å². The van der Waals surface area contributed by atoms with E-state index in [4.69, 9.17) is 4.74 Å². The summed E-state index contributed by atoms with van der Waals surface area (Å²) >= 11 is 0. The molecule has 112 valence electrons. The predicted molar refractivity (Wildman–Crippen MR) is 80.1 cm³/mol. The van der Waals surface area contributed by atoms with Crippen molar-refractivity contribution in [2.24, 2.45) is 0 Å². The van der Waals surface area contributed by atoms with Crippen LogP contribution in [0.3, 0.4) is 0 Å². The van der Waals surface area contributed by atoms with Crippen LogP contribution in [-0.4, -0.2) is 62.7 Å². The Morgan fingerprint density at radius 3 is 2.95 bits per heavy atom. The maximum atomic E-state index is 12.0. The summed E-state index contributed by atoms with van der Waals surface area (Å²) in [7, 11) is 3.67. The molecule has 0 fully saturated rings. The Morgan fingerprint density at radius 2 is 2.25 bits per heavy atom. The van der Waals surface area contributed by atoms with Gasteiger partial charge in [0.25, 0.3) is 5.91 Å². The molecule has 1 aromatic rings. The Kier molecular flexibility index (Phi) is 7.60. The van der Waals surface area contributed by atoms with E-state index in [1.165, 1.54) is 0 Å². The molecular weight excluding hydrogens is 256 g/mol. The highest BCUT2D eigenvalue weighted by Crippen LogP contribution is 2.07. The number of nitrogens with zero attached hydrogens (tertiary/aromatic N) is 2. The van der Waals surface area contributed by atoms with Crippen molar-refractivity contribution in [1.29, 1.82) is 0 Å². The molecule has 0 spiro atoms. The molecule has 0 aliphatic heterocycles. The fourth-order valence-corrected chi connectivity index (χ4v) is 1.68. The third-order valence-electron chi connectivity index (χ3n) is 2.83. The van der Waals surface area contributed by atoms with Crippen molar-refractivity contribution in [3.05, 3.63) is 24.0 Å². The second-order valence-corrected chi connectivity index (χ2v) is 4.51. The van der Waals surface area contributed by atoms with Gasteiger partial charge in [0.15, 0.2) is 0 Å². The Bertz CT molecular complexity index is 412. The number of ether oxygens (including phenoxy) is 1. The van der Waals surface area contributed by atoms with Crippen molar-refractivity contribution >= 4 is 11.6 Å². The number of rotatable bonds is 9. The summed E-state index contributed by atoms with van der Waals surface area (Å²) in [6, 6.07) is 3.60. The van der Waals surface area contributed by atoms with Gasteiger partial charge in [-0.25, -0.2) is 0 Å². The first-order valence-corrected chi connectivity index (χ1v) is 6.83. The van der Waals surface area contributed by atoms with Crippen LogP contribution in [-0.2, 0) is 4.74 Å². The van der Waals surface area contributed by atoms with Crippen LogP contribution in [0.25, 0.3) is 0 Å². The van der Waals surface area contributed by atoms with Gasteiger partial charge in [0.05, 0.1) is 6.61 Å². The van der Waals surface area contributed by atoms with Crippen molar-refractivity contribution in [2.45, 2.75) is 6.92 Å². The molecule has 0 aliphatic rings. The molecule has 6 heteroatoms. The molecule has 0 radical (unpaired) electrons. The van der Waals surface area contributed by atoms with E-state index in [-0.39, 0.29) is 5.91 Å². The van der Waals surface area contributed by atoms with Crippen molar-refractivity contribution in [3.8, 4) is 0 Å². The predicted octanol–water partition coefficient (Wildman–Crippen LogP) is 0.821. The highest BCUT2D eigenvalue weighted by molar-refractivity contribution is 5.93. The summed E-state index contributed by atoms with van der Waals surface area (Å²) in [6.07, 6.45) is 1.64. The number of pyridine rings is 1. The first kappa shape index (κ1) is 16.4. The molecule has 0 saturated carbocycles. The van der Waals surface area contributed by atoms with Crippen molar-refractivity contribution in [1.82, 2.24) is 15.2 Å². The fourth-order valence-electron chi connectivity index (χ4n) is 1.68. The molecule has 0 bridgehead atoms. The highest BCUT2D eigenvalue weighted by atomic mass is 16.5. The van der Waals surface area contributed by atoms with E-state index in [9.17, 15) is 4.79 Å². The Morgan fingerprint density at radius 1 is 1.45 bits per heavy atom. The molecule has 0 atom stereocenters. The number of anilines is 1. The normalized spacial score (nSPS) is 10.6. The lowest BCUT2D eigenvalue weighted by Crippen LogP contribution is -2.34. The smallest absolute Gasteiger partial charge is 0.269 e. The van der Waals surface area contributed by atoms with Crippen molar-refractivity contribution in [3.63, 3.8) is 0 Å². The molecule has 20 heavy (non-hydrogen) atoms. The molecule has 1 aromatic heterocycles. The minimum Gasteiger partial charge on any atom is -0.385 e. The molecule has 0 aromatic carbocycles. The molecule has 1 rings (SSSR count). The van der Waals surface area contributed by atoms with Gasteiger partial charge in [0.2, 0.25) is 0 Å². The van der Waals surface area contributed by atoms with E-state index in [0.29, 0.717) is 18.8 Å². The topological polar surface area (TPSA) is 66.5 Å². The fraction of sp³-hybridized carbons (Fsp3) is 0.571. The van der Waals surface area contributed by atoms with Gasteiger partial charge < -0.3 is 20.3 Å². The quantitative estimate of drug-likeness (QED) is 0.701. The van der Waals surface area contributed by atoms with Crippen molar-refractivity contribution in [2.75, 3.05) is 52.3 Å². The van der Waals surface area contributed by atoms with Crippen LogP contribution in [0.1, 0.15) is 17.4 Å².